The number of halogens is 2. The highest BCUT2D eigenvalue weighted by Crippen LogP contribution is 2.27. The molecular formula is C25H21Cl2N3O2. The molecule has 2 amide bonds. The molecule has 0 saturated carbocycles. The normalized spacial score (nSPS) is 15.6. The third kappa shape index (κ3) is 4.69. The summed E-state index contributed by atoms with van der Waals surface area (Å²) in [6.07, 6.45) is -0.442. The molecule has 4 rings (SSSR count). The van der Waals surface area contributed by atoms with Crippen molar-refractivity contribution < 1.29 is 9.59 Å². The summed E-state index contributed by atoms with van der Waals surface area (Å²) in [6.45, 7) is 0. The number of hydrogen-bond acceptors (Lipinski definition) is 3. The number of benzene rings is 3. The average molecular weight is 466 g/mol. The van der Waals surface area contributed by atoms with Gasteiger partial charge in [0.1, 0.15) is 0 Å². The molecule has 7 heteroatoms. The second-order valence-corrected chi connectivity index (χ2v) is 8.31. The zero-order valence-electron chi connectivity index (χ0n) is 17.4. The third-order valence-electron chi connectivity index (χ3n) is 5.32. The van der Waals surface area contributed by atoms with Gasteiger partial charge in [0.25, 0.3) is 5.91 Å². The zero-order chi connectivity index (χ0) is 22.7. The molecule has 1 heterocycles. The van der Waals surface area contributed by atoms with E-state index in [2.05, 4.69) is 5.32 Å². The van der Waals surface area contributed by atoms with Crippen molar-refractivity contribution in [1.82, 2.24) is 5.32 Å². The van der Waals surface area contributed by atoms with Crippen molar-refractivity contribution in [3.8, 4) is 0 Å². The van der Waals surface area contributed by atoms with Crippen molar-refractivity contribution in [2.75, 3.05) is 11.9 Å². The lowest BCUT2D eigenvalue weighted by Crippen LogP contribution is -2.46. The molecule has 162 valence electrons. The van der Waals surface area contributed by atoms with Gasteiger partial charge in [-0.3, -0.25) is 9.59 Å². The minimum absolute atomic E-state index is 0.165. The number of nitrogens with one attached hydrogen (secondary N) is 1. The largest absolute Gasteiger partial charge is 0.327 e. The molecule has 1 atom stereocenters. The molecule has 32 heavy (non-hydrogen) atoms. The number of amides is 2. The number of anilines is 1. The fraction of sp³-hybridized carbons (Fsp3) is 0.160. The lowest BCUT2D eigenvalue weighted by Gasteiger charge is -2.20. The number of aliphatic imine (C=N–C) groups is 1. The molecule has 0 aromatic heterocycles. The Bertz CT molecular complexity index is 1190. The van der Waals surface area contributed by atoms with Crippen molar-refractivity contribution in [3.63, 3.8) is 0 Å². The highest BCUT2D eigenvalue weighted by molar-refractivity contribution is 6.35. The first-order valence-electron chi connectivity index (χ1n) is 10.2. The van der Waals surface area contributed by atoms with Crippen LogP contribution < -0.4 is 10.2 Å². The third-order valence-corrected chi connectivity index (χ3v) is 5.91. The standard InChI is InChI=1S/C25H21Cl2N3O2/c1-30-21-10-6-5-9-19(21)23(17-7-3-2-4-8-17)29-24(25(30)32)28-22(31)14-12-16-11-13-18(26)15-20(16)27/h2-11,13,15,24H,12,14H2,1H3,(H,28,31). The number of fused-ring (bicyclic) bond motifs is 1. The number of nitrogens with zero attached hydrogens (tertiary/aromatic N) is 2. The van der Waals surface area contributed by atoms with Crippen LogP contribution in [0, 0.1) is 0 Å². The maximum absolute atomic E-state index is 13.2. The first-order valence-corrected chi connectivity index (χ1v) is 10.9. The van der Waals surface area contributed by atoms with E-state index in [1.807, 2.05) is 54.6 Å². The molecule has 0 radical (unpaired) electrons. The second-order valence-electron chi connectivity index (χ2n) is 7.46. The van der Waals surface area contributed by atoms with E-state index >= 15 is 0 Å². The van der Waals surface area contributed by atoms with Gasteiger partial charge in [0, 0.05) is 34.6 Å². The summed E-state index contributed by atoms with van der Waals surface area (Å²) >= 11 is 12.1. The molecule has 5 nitrogen and oxygen atoms in total. The number of carbonyl (C=O) groups is 2. The monoisotopic (exact) mass is 465 g/mol. The summed E-state index contributed by atoms with van der Waals surface area (Å²) in [5, 5.41) is 3.84. The van der Waals surface area contributed by atoms with Crippen LogP contribution in [0.1, 0.15) is 23.1 Å². The van der Waals surface area contributed by atoms with E-state index in [1.165, 1.54) is 4.90 Å². The van der Waals surface area contributed by atoms with Gasteiger partial charge < -0.3 is 10.2 Å². The summed E-state index contributed by atoms with van der Waals surface area (Å²) in [5.41, 5.74) is 3.92. The lowest BCUT2D eigenvalue weighted by molar-refractivity contribution is -0.127. The highest BCUT2D eigenvalue weighted by atomic mass is 35.5. The van der Waals surface area contributed by atoms with Crippen LogP contribution in [0.25, 0.3) is 0 Å². The van der Waals surface area contributed by atoms with Gasteiger partial charge in [-0.2, -0.15) is 0 Å². The van der Waals surface area contributed by atoms with Gasteiger partial charge in [0.2, 0.25) is 12.1 Å². The summed E-state index contributed by atoms with van der Waals surface area (Å²) in [6, 6.07) is 22.4. The molecular weight excluding hydrogens is 445 g/mol. The van der Waals surface area contributed by atoms with Crippen LogP contribution in [0.5, 0.6) is 0 Å². The van der Waals surface area contributed by atoms with Crippen molar-refractivity contribution in [1.29, 1.82) is 0 Å². The Labute approximate surface area is 196 Å². The van der Waals surface area contributed by atoms with Crippen molar-refractivity contribution in [2.24, 2.45) is 4.99 Å². The molecule has 1 aliphatic rings. The van der Waals surface area contributed by atoms with Gasteiger partial charge in [0.15, 0.2) is 0 Å². The summed E-state index contributed by atoms with van der Waals surface area (Å²) < 4.78 is 0. The van der Waals surface area contributed by atoms with Gasteiger partial charge >= 0.3 is 0 Å². The Morgan fingerprint density at radius 2 is 1.75 bits per heavy atom. The lowest BCUT2D eigenvalue weighted by atomic mass is 10.0. The molecule has 3 aromatic carbocycles. The van der Waals surface area contributed by atoms with Gasteiger partial charge in [-0.15, -0.1) is 0 Å². The Balaban J connectivity index is 1.60. The number of likely N-dealkylation sites (N-methyl/N-ethyl adjacent to an activating group) is 1. The zero-order valence-corrected chi connectivity index (χ0v) is 18.9. The van der Waals surface area contributed by atoms with Crippen LogP contribution in [0.4, 0.5) is 5.69 Å². The van der Waals surface area contributed by atoms with E-state index in [-0.39, 0.29) is 18.2 Å². The maximum Gasteiger partial charge on any atom is 0.272 e. The Hall–Kier alpha value is -3.15. The molecule has 3 aromatic rings. The van der Waals surface area contributed by atoms with E-state index in [0.29, 0.717) is 22.2 Å². The van der Waals surface area contributed by atoms with Crippen molar-refractivity contribution in [3.05, 3.63) is 99.5 Å². The maximum atomic E-state index is 13.2. The molecule has 0 spiro atoms. The number of benzodiazepines with no additional fused rings is 1. The van der Waals surface area contributed by atoms with E-state index in [0.717, 1.165) is 22.4 Å². The number of rotatable bonds is 5. The van der Waals surface area contributed by atoms with Crippen LogP contribution in [0.2, 0.25) is 10.0 Å². The smallest absolute Gasteiger partial charge is 0.272 e. The van der Waals surface area contributed by atoms with E-state index in [1.54, 1.807) is 25.2 Å². The fourth-order valence-corrected chi connectivity index (χ4v) is 4.14. The molecule has 1 aliphatic heterocycles. The molecule has 0 saturated heterocycles. The van der Waals surface area contributed by atoms with E-state index in [9.17, 15) is 9.59 Å². The van der Waals surface area contributed by atoms with Crippen LogP contribution in [0.3, 0.4) is 0 Å². The predicted molar refractivity (Wildman–Crippen MR) is 129 cm³/mol. The first kappa shape index (κ1) is 22.1. The topological polar surface area (TPSA) is 61.8 Å². The Kier molecular flexibility index (Phi) is 6.58. The SMILES string of the molecule is CN1C(=O)C(NC(=O)CCc2ccc(Cl)cc2Cl)N=C(c2ccccc2)c2ccccc21. The van der Waals surface area contributed by atoms with Crippen LogP contribution in [-0.2, 0) is 16.0 Å². The first-order chi connectivity index (χ1) is 15.4. The van der Waals surface area contributed by atoms with Crippen molar-refractivity contribution in [2.45, 2.75) is 19.0 Å². The Morgan fingerprint density at radius 1 is 1.03 bits per heavy atom. The molecule has 0 bridgehead atoms. The number of aryl methyl sites for hydroxylation is 1. The van der Waals surface area contributed by atoms with Crippen LogP contribution in [-0.4, -0.2) is 30.7 Å². The number of carbonyl (C=O) groups excluding carboxylic acids is 2. The highest BCUT2D eigenvalue weighted by Gasteiger charge is 2.30. The van der Waals surface area contributed by atoms with E-state index < -0.39 is 6.17 Å². The molecule has 0 aliphatic carbocycles. The Morgan fingerprint density at radius 3 is 2.50 bits per heavy atom. The molecule has 0 fully saturated rings. The molecule has 1 unspecified atom stereocenters. The van der Waals surface area contributed by atoms with Gasteiger partial charge in [-0.05, 0) is 30.2 Å². The van der Waals surface area contributed by atoms with Gasteiger partial charge in [-0.25, -0.2) is 4.99 Å². The van der Waals surface area contributed by atoms with E-state index in [4.69, 9.17) is 28.2 Å². The van der Waals surface area contributed by atoms with Crippen LogP contribution >= 0.6 is 23.2 Å². The van der Waals surface area contributed by atoms with Crippen LogP contribution in [0.15, 0.2) is 77.8 Å². The van der Waals surface area contributed by atoms with Gasteiger partial charge in [-0.1, -0.05) is 77.8 Å². The summed E-state index contributed by atoms with van der Waals surface area (Å²) in [4.78, 5) is 32.1. The quantitative estimate of drug-likeness (QED) is 0.583. The minimum atomic E-state index is -1.03. The summed E-state index contributed by atoms with van der Waals surface area (Å²) in [7, 11) is 1.69. The number of hydrogen-bond donors (Lipinski definition) is 1. The average Bonchev–Trinajstić information content (AvgIpc) is 2.90. The minimum Gasteiger partial charge on any atom is -0.327 e. The predicted octanol–water partition coefficient (Wildman–Crippen LogP) is 4.88. The van der Waals surface area contributed by atoms with Gasteiger partial charge in [0.05, 0.1) is 11.4 Å². The fourth-order valence-electron chi connectivity index (χ4n) is 3.64. The second kappa shape index (κ2) is 9.55. The van der Waals surface area contributed by atoms with Crippen molar-refractivity contribution >= 4 is 46.4 Å². The molecule has 1 N–H and O–H groups in total. The summed E-state index contributed by atoms with van der Waals surface area (Å²) in [5.74, 6) is -0.592. The number of para-hydroxylation sites is 1.